The van der Waals surface area contributed by atoms with E-state index in [0.717, 1.165) is 11.1 Å². The molecule has 1 aromatic rings. The Morgan fingerprint density at radius 3 is 2.40 bits per heavy atom. The van der Waals surface area contributed by atoms with E-state index >= 15 is 0 Å². The molecular weight excluding hydrogens is 606 g/mol. The van der Waals surface area contributed by atoms with Gasteiger partial charge in [0.05, 0.1) is 32.4 Å². The second kappa shape index (κ2) is 12.3. The number of rotatable bonds is 6. The van der Waals surface area contributed by atoms with Gasteiger partial charge >= 0.3 is 6.09 Å². The van der Waals surface area contributed by atoms with Crippen LogP contribution in [0.25, 0.3) is 0 Å². The number of allylic oxidation sites excluding steroid dienone is 2. The summed E-state index contributed by atoms with van der Waals surface area (Å²) in [5, 5.41) is 27.6. The van der Waals surface area contributed by atoms with E-state index in [9.17, 15) is 29.5 Å². The molecule has 1 saturated heterocycles. The van der Waals surface area contributed by atoms with Crippen molar-refractivity contribution in [2.75, 3.05) is 27.8 Å². The highest BCUT2D eigenvalue weighted by Crippen LogP contribution is 2.53. The topological polar surface area (TPSA) is 171 Å². The first-order chi connectivity index (χ1) is 22.1. The van der Waals surface area contributed by atoms with Crippen LogP contribution in [0.15, 0.2) is 28.5 Å². The number of carbonyl (C=O) groups is 4. The molecule has 47 heavy (non-hydrogen) atoms. The molecule has 3 heterocycles. The summed E-state index contributed by atoms with van der Waals surface area (Å²) in [5.74, 6) is -1.08. The molecule has 2 amide bonds. The van der Waals surface area contributed by atoms with Crippen molar-refractivity contribution in [3.8, 4) is 17.6 Å². The summed E-state index contributed by atoms with van der Waals surface area (Å²) >= 11 is 0. The predicted octanol–water partition coefficient (Wildman–Crippen LogP) is 2.35. The summed E-state index contributed by atoms with van der Waals surface area (Å²) in [6, 6.07) is 0.472. The van der Waals surface area contributed by atoms with Gasteiger partial charge in [-0.05, 0) is 72.6 Å². The largest absolute Gasteiger partial charge is 0.504 e. The molecular formula is C34H43N5O8. The number of hydrogen-bond acceptors (Lipinski definition) is 11. The first-order valence-electron chi connectivity index (χ1n) is 15.7. The third-order valence-corrected chi connectivity index (χ3v) is 9.66. The van der Waals surface area contributed by atoms with E-state index in [1.807, 2.05) is 24.9 Å². The van der Waals surface area contributed by atoms with Gasteiger partial charge in [0.15, 0.2) is 23.0 Å². The Morgan fingerprint density at radius 2 is 1.81 bits per heavy atom. The summed E-state index contributed by atoms with van der Waals surface area (Å²) in [4.78, 5) is 57.5. The van der Waals surface area contributed by atoms with Crippen LogP contribution in [0, 0.1) is 18.3 Å². The number of alkyl carbamates (subject to hydrolysis) is 1. The van der Waals surface area contributed by atoms with Gasteiger partial charge in [0, 0.05) is 40.9 Å². The summed E-state index contributed by atoms with van der Waals surface area (Å²) in [6.07, 6.45) is -0.189. The standard InChI is InChI=1S/C34H43N5O8/c1-15-10-18-11-20-22(13-35)39-21(26(38(20)7)24(18)28(41)30(15)45-8)12-19-25(29(42)31(46-9)16(2)27(19)40)23(39)14-36-32(43)17(3)37-33(44)47-34(4,5)6/h10,17,20-23,26,41H,11-12,14H2,1-9H3,(H,36,43)(H,37,44)/t17-,20-,21?,22-,23-,26?/m0/s1. The fourth-order valence-corrected chi connectivity index (χ4v) is 7.71. The minimum absolute atomic E-state index is 0.00335. The lowest BCUT2D eigenvalue weighted by Gasteiger charge is -2.60. The molecule has 5 rings (SSSR count). The quantitative estimate of drug-likeness (QED) is 0.387. The number of carbonyl (C=O) groups excluding carboxylic acids is 4. The number of nitrogens with zero attached hydrogens (tertiary/aromatic N) is 3. The monoisotopic (exact) mass is 649 g/mol. The van der Waals surface area contributed by atoms with Crippen LogP contribution in [-0.2, 0) is 30.3 Å². The number of piperazine rings is 1. The van der Waals surface area contributed by atoms with Crippen LogP contribution in [0.3, 0.4) is 0 Å². The molecule has 2 bridgehead atoms. The lowest BCUT2D eigenvalue weighted by Crippen LogP contribution is -2.71. The van der Waals surface area contributed by atoms with E-state index in [0.29, 0.717) is 23.3 Å². The van der Waals surface area contributed by atoms with E-state index in [-0.39, 0.29) is 47.4 Å². The van der Waals surface area contributed by atoms with Gasteiger partial charge in [-0.15, -0.1) is 0 Å². The van der Waals surface area contributed by atoms with Crippen molar-refractivity contribution in [2.45, 2.75) is 96.2 Å². The zero-order valence-electron chi connectivity index (χ0n) is 28.3. The number of benzene rings is 1. The van der Waals surface area contributed by atoms with Gasteiger partial charge in [0.25, 0.3) is 0 Å². The van der Waals surface area contributed by atoms with Gasteiger partial charge in [-0.25, -0.2) is 4.79 Å². The molecule has 0 aromatic heterocycles. The lowest BCUT2D eigenvalue weighted by molar-refractivity contribution is -0.125. The average Bonchev–Trinajstić information content (AvgIpc) is 2.98. The van der Waals surface area contributed by atoms with E-state index < -0.39 is 53.6 Å². The molecule has 3 aliphatic heterocycles. The number of methoxy groups -OCH3 is 2. The number of amides is 2. The number of phenols is 1. The Labute approximate surface area is 274 Å². The number of hydrogen-bond donors (Lipinski definition) is 3. The first kappa shape index (κ1) is 33.9. The number of nitrogens with one attached hydrogen (secondary N) is 2. The van der Waals surface area contributed by atoms with Crippen molar-refractivity contribution < 1.29 is 38.5 Å². The minimum atomic E-state index is -0.990. The maximum Gasteiger partial charge on any atom is 0.408 e. The molecule has 13 heteroatoms. The predicted molar refractivity (Wildman–Crippen MR) is 169 cm³/mol. The SMILES string of the molecule is COC1=C(C)C(=O)C2=C(C1=O)[C@H](CNC(=O)[C@H](C)NC(=O)OC(C)(C)C)N1C(C2)C2c3c(cc(C)c(OC)c3O)C[C@@H]([C@@H]1C#N)N2C. The van der Waals surface area contributed by atoms with Crippen LogP contribution in [0.4, 0.5) is 4.79 Å². The third-order valence-electron chi connectivity index (χ3n) is 9.66. The number of phenolic OH excluding ortho intramolecular Hbond substituents is 1. The lowest BCUT2D eigenvalue weighted by atomic mass is 9.69. The Hall–Kier alpha value is -4.41. The van der Waals surface area contributed by atoms with Crippen LogP contribution < -0.4 is 15.4 Å². The molecule has 0 saturated carbocycles. The third kappa shape index (κ3) is 5.63. The van der Waals surface area contributed by atoms with Crippen molar-refractivity contribution in [3.05, 3.63) is 45.2 Å². The van der Waals surface area contributed by atoms with Gasteiger partial charge in [0.2, 0.25) is 11.7 Å². The molecule has 13 nitrogen and oxygen atoms in total. The summed E-state index contributed by atoms with van der Waals surface area (Å²) in [7, 11) is 4.72. The second-order valence-electron chi connectivity index (χ2n) is 13.7. The van der Waals surface area contributed by atoms with Crippen LogP contribution in [0.1, 0.15) is 63.8 Å². The van der Waals surface area contributed by atoms with Crippen molar-refractivity contribution in [3.63, 3.8) is 0 Å². The molecule has 2 unspecified atom stereocenters. The van der Waals surface area contributed by atoms with Crippen LogP contribution in [0.2, 0.25) is 0 Å². The number of ether oxygens (including phenoxy) is 3. The van der Waals surface area contributed by atoms with Crippen LogP contribution in [0.5, 0.6) is 11.5 Å². The zero-order chi connectivity index (χ0) is 34.7. The molecule has 1 aliphatic carbocycles. The Kier molecular flexibility index (Phi) is 8.89. The molecule has 252 valence electrons. The highest BCUT2D eigenvalue weighted by atomic mass is 16.6. The summed E-state index contributed by atoms with van der Waals surface area (Å²) in [5.41, 5.74) is 2.20. The molecule has 0 radical (unpaired) electrons. The average molecular weight is 650 g/mol. The Morgan fingerprint density at radius 1 is 1.13 bits per heavy atom. The van der Waals surface area contributed by atoms with E-state index in [4.69, 9.17) is 14.2 Å². The van der Waals surface area contributed by atoms with E-state index in [1.165, 1.54) is 21.1 Å². The van der Waals surface area contributed by atoms with Crippen molar-refractivity contribution in [2.24, 2.45) is 0 Å². The van der Waals surface area contributed by atoms with Gasteiger partial charge < -0.3 is 30.0 Å². The first-order valence-corrected chi connectivity index (χ1v) is 15.7. The molecule has 3 N–H and O–H groups in total. The number of nitriles is 1. The Balaban J connectivity index is 1.59. The number of ketones is 2. The summed E-state index contributed by atoms with van der Waals surface area (Å²) < 4.78 is 16.2. The van der Waals surface area contributed by atoms with Gasteiger partial charge in [-0.3, -0.25) is 24.2 Å². The normalized spacial score (nSPS) is 26.4. The molecule has 0 spiro atoms. The number of fused-ring (bicyclic) bond motifs is 6. The van der Waals surface area contributed by atoms with Crippen LogP contribution in [-0.4, -0.2) is 102 Å². The highest BCUT2D eigenvalue weighted by molar-refractivity contribution is 6.25. The molecule has 4 aliphatic rings. The van der Waals surface area contributed by atoms with Gasteiger partial charge in [-0.1, -0.05) is 6.07 Å². The van der Waals surface area contributed by atoms with Gasteiger partial charge in [-0.2, -0.15) is 5.26 Å². The highest BCUT2D eigenvalue weighted by Gasteiger charge is 2.58. The number of aryl methyl sites for hydroxylation is 1. The van der Waals surface area contributed by atoms with Crippen molar-refractivity contribution >= 4 is 23.6 Å². The van der Waals surface area contributed by atoms with E-state index in [2.05, 4.69) is 21.6 Å². The maximum absolute atomic E-state index is 14.0. The smallest absolute Gasteiger partial charge is 0.408 e. The summed E-state index contributed by atoms with van der Waals surface area (Å²) in [6.45, 7) is 9.90. The number of aromatic hydroxyl groups is 1. The second-order valence-corrected chi connectivity index (χ2v) is 13.7. The fourth-order valence-electron chi connectivity index (χ4n) is 7.71. The van der Waals surface area contributed by atoms with Crippen LogP contribution >= 0.6 is 0 Å². The number of likely N-dealkylation sites (N-methyl/N-ethyl adjacent to an activating group) is 1. The molecule has 1 fully saturated rings. The van der Waals surface area contributed by atoms with Crippen molar-refractivity contribution in [1.82, 2.24) is 20.4 Å². The maximum atomic E-state index is 14.0. The fraction of sp³-hybridized carbons (Fsp3) is 0.559. The minimum Gasteiger partial charge on any atom is -0.504 e. The van der Waals surface area contributed by atoms with E-state index in [1.54, 1.807) is 27.7 Å². The van der Waals surface area contributed by atoms with Gasteiger partial charge in [0.1, 0.15) is 17.7 Å². The number of Topliss-reactive ketones (excluding diaryl/α,β-unsaturated/α-hetero) is 2. The molecule has 6 atom stereocenters. The molecule has 1 aromatic carbocycles. The van der Waals surface area contributed by atoms with Crippen molar-refractivity contribution in [1.29, 1.82) is 5.26 Å². The Bertz CT molecular complexity index is 1650. The zero-order valence-corrected chi connectivity index (χ0v) is 28.3.